The van der Waals surface area contributed by atoms with Crippen LogP contribution in [0.15, 0.2) is 18.3 Å². The lowest BCUT2D eigenvalue weighted by molar-refractivity contribution is 0.0591. The van der Waals surface area contributed by atoms with Crippen LogP contribution >= 0.6 is 12.4 Å². The molecule has 0 unspecified atom stereocenters. The molecule has 1 heterocycles. The van der Waals surface area contributed by atoms with Gasteiger partial charge < -0.3 is 10.6 Å². The number of nitrogens with two attached hydrogens (primary N) is 1. The maximum atomic E-state index is 10.8. The molecule has 0 saturated carbocycles. The monoisotopic (exact) mass is 176 g/mol. The van der Waals surface area contributed by atoms with Crippen molar-refractivity contribution >= 4 is 18.4 Å². The Morgan fingerprint density at radius 3 is 2.73 bits per heavy atom. The fraction of sp³-hybridized carbons (Fsp3) is 0.167. The van der Waals surface area contributed by atoms with Gasteiger partial charge in [0.2, 0.25) is 0 Å². The molecule has 0 aliphatic rings. The number of methoxy groups -OCH3 is 1. The van der Waals surface area contributed by atoms with Gasteiger partial charge in [-0.05, 0) is 12.1 Å². The molecule has 62 valence electrons. The number of carbonyl (C=O) groups is 1. The number of hydrogen-bond acceptors (Lipinski definition) is 3. The summed E-state index contributed by atoms with van der Waals surface area (Å²) in [5.41, 5.74) is 0.350. The summed E-state index contributed by atoms with van der Waals surface area (Å²) in [6.07, 6.45) is 1.58. The van der Waals surface area contributed by atoms with Gasteiger partial charge in [0.25, 0.3) is 0 Å². The lowest BCUT2D eigenvalue weighted by atomic mass is 10.4. The van der Waals surface area contributed by atoms with Crippen molar-refractivity contribution in [2.24, 2.45) is 0 Å². The van der Waals surface area contributed by atoms with E-state index in [-0.39, 0.29) is 12.4 Å². The van der Waals surface area contributed by atoms with Gasteiger partial charge in [-0.25, -0.2) is 4.79 Å². The Morgan fingerprint density at radius 2 is 2.36 bits per heavy atom. The molecule has 2 N–H and O–H groups in total. The van der Waals surface area contributed by atoms with Crippen molar-refractivity contribution in [1.29, 1.82) is 0 Å². The Hall–Kier alpha value is -1.16. The molecule has 0 radical (unpaired) electrons. The minimum atomic E-state index is -0.424. The quantitative estimate of drug-likeness (QED) is 0.498. The maximum Gasteiger partial charge on any atom is 0.356 e. The number of rotatable bonds is 1. The molecule has 0 aliphatic heterocycles. The van der Waals surface area contributed by atoms with E-state index in [1.807, 2.05) is 0 Å². The van der Waals surface area contributed by atoms with Crippen LogP contribution in [0.4, 0.5) is 0 Å². The Kier molecular flexibility index (Phi) is 3.47. The summed E-state index contributed by atoms with van der Waals surface area (Å²) in [7, 11) is 1.31. The number of nitrogens with zero attached hydrogens (tertiary/aromatic N) is 1. The van der Waals surface area contributed by atoms with E-state index in [0.717, 1.165) is 0 Å². The highest BCUT2D eigenvalue weighted by Crippen LogP contribution is 1.98. The van der Waals surface area contributed by atoms with Crippen molar-refractivity contribution in [3.63, 3.8) is 0 Å². The van der Waals surface area contributed by atoms with Crippen LogP contribution in [-0.4, -0.2) is 17.8 Å². The van der Waals surface area contributed by atoms with E-state index in [1.54, 1.807) is 18.3 Å². The number of carbonyl (C=O) groups excluding carboxylic acids is 1. The van der Waals surface area contributed by atoms with Crippen LogP contribution in [0.1, 0.15) is 10.5 Å². The fourth-order valence-corrected chi connectivity index (χ4v) is 0.671. The van der Waals surface area contributed by atoms with Crippen LogP contribution in [0.3, 0.4) is 0 Å². The van der Waals surface area contributed by atoms with Crippen molar-refractivity contribution in [2.75, 3.05) is 13.0 Å². The highest BCUT2D eigenvalue weighted by molar-refractivity contribution is 5.87. The summed E-state index contributed by atoms with van der Waals surface area (Å²) >= 11 is 0. The predicted octanol–water partition coefficient (Wildman–Crippen LogP) is 0.410. The van der Waals surface area contributed by atoms with Crippen LogP contribution < -0.4 is 5.84 Å². The zero-order chi connectivity index (χ0) is 7.56. The normalized spacial score (nSPS) is 8.45. The first kappa shape index (κ1) is 9.84. The third-order valence-electron chi connectivity index (χ3n) is 1.17. The molecule has 11 heavy (non-hydrogen) atoms. The van der Waals surface area contributed by atoms with Crippen molar-refractivity contribution in [3.8, 4) is 0 Å². The van der Waals surface area contributed by atoms with E-state index >= 15 is 0 Å². The Balaban J connectivity index is 0.000001000. The number of nitrogen functional groups attached to an aromatic ring is 1. The van der Waals surface area contributed by atoms with E-state index in [4.69, 9.17) is 5.84 Å². The molecule has 1 rings (SSSR count). The molecule has 0 aromatic carbocycles. The highest BCUT2D eigenvalue weighted by Gasteiger charge is 2.07. The molecule has 0 atom stereocenters. The lowest BCUT2D eigenvalue weighted by Crippen LogP contribution is -2.15. The SMILES string of the molecule is COC(=O)c1cccn1N.Cl. The van der Waals surface area contributed by atoms with Gasteiger partial charge in [0, 0.05) is 6.20 Å². The molecular weight excluding hydrogens is 168 g/mol. The smallest absolute Gasteiger partial charge is 0.356 e. The van der Waals surface area contributed by atoms with Crippen molar-refractivity contribution in [1.82, 2.24) is 4.68 Å². The maximum absolute atomic E-state index is 10.8. The fourth-order valence-electron chi connectivity index (χ4n) is 0.671. The first-order valence-electron chi connectivity index (χ1n) is 2.76. The molecule has 5 heteroatoms. The zero-order valence-electron chi connectivity index (χ0n) is 5.98. The van der Waals surface area contributed by atoms with Gasteiger partial charge in [0.15, 0.2) is 0 Å². The van der Waals surface area contributed by atoms with Crippen LogP contribution in [-0.2, 0) is 4.74 Å². The Bertz CT molecular complexity index is 246. The number of halogens is 1. The topological polar surface area (TPSA) is 57.2 Å². The number of aromatic nitrogens is 1. The van der Waals surface area contributed by atoms with Crippen molar-refractivity contribution in [3.05, 3.63) is 24.0 Å². The molecule has 4 nitrogen and oxygen atoms in total. The van der Waals surface area contributed by atoms with Gasteiger partial charge in [-0.3, -0.25) is 4.68 Å². The summed E-state index contributed by atoms with van der Waals surface area (Å²) in [5, 5.41) is 0. The van der Waals surface area contributed by atoms with Gasteiger partial charge in [-0.1, -0.05) is 0 Å². The van der Waals surface area contributed by atoms with Crippen molar-refractivity contribution < 1.29 is 9.53 Å². The summed E-state index contributed by atoms with van der Waals surface area (Å²) in [6.45, 7) is 0. The number of hydrogen-bond donors (Lipinski definition) is 1. The summed E-state index contributed by atoms with van der Waals surface area (Å²) in [6, 6.07) is 3.26. The van der Waals surface area contributed by atoms with E-state index in [2.05, 4.69) is 4.74 Å². The van der Waals surface area contributed by atoms with Crippen molar-refractivity contribution in [2.45, 2.75) is 0 Å². The van der Waals surface area contributed by atoms with E-state index in [0.29, 0.717) is 5.69 Å². The van der Waals surface area contributed by atoms with Crippen LogP contribution in [0.25, 0.3) is 0 Å². The number of ether oxygens (including phenoxy) is 1. The zero-order valence-corrected chi connectivity index (χ0v) is 6.80. The molecule has 1 aromatic rings. The average molecular weight is 177 g/mol. The first-order valence-corrected chi connectivity index (χ1v) is 2.76. The third kappa shape index (κ3) is 1.88. The lowest BCUT2D eigenvalue weighted by Gasteiger charge is -1.98. The van der Waals surface area contributed by atoms with E-state index < -0.39 is 5.97 Å². The van der Waals surface area contributed by atoms with Gasteiger partial charge in [-0.2, -0.15) is 0 Å². The molecule has 0 amide bonds. The van der Waals surface area contributed by atoms with Gasteiger partial charge in [-0.15, -0.1) is 12.4 Å². The molecule has 0 fully saturated rings. The van der Waals surface area contributed by atoms with E-state index in [1.165, 1.54) is 11.8 Å². The largest absolute Gasteiger partial charge is 0.464 e. The van der Waals surface area contributed by atoms with Crippen LogP contribution in [0.2, 0.25) is 0 Å². The predicted molar refractivity (Wildman–Crippen MR) is 43.2 cm³/mol. The standard InChI is InChI=1S/C6H8N2O2.ClH/c1-10-6(9)5-3-2-4-8(5)7;/h2-4H,7H2,1H3;1H. The molecule has 0 spiro atoms. The summed E-state index contributed by atoms with van der Waals surface area (Å²) < 4.78 is 5.65. The first-order chi connectivity index (χ1) is 4.75. The molecule has 0 saturated heterocycles. The molecular formula is C6H9ClN2O2. The number of esters is 1. The van der Waals surface area contributed by atoms with Gasteiger partial charge in [0.1, 0.15) is 5.69 Å². The third-order valence-corrected chi connectivity index (χ3v) is 1.17. The summed E-state index contributed by atoms with van der Waals surface area (Å²) in [5.74, 6) is 4.91. The van der Waals surface area contributed by atoms with E-state index in [9.17, 15) is 4.79 Å². The Morgan fingerprint density at radius 1 is 1.73 bits per heavy atom. The minimum absolute atomic E-state index is 0. The molecule has 0 aliphatic carbocycles. The Labute approximate surface area is 70.3 Å². The second kappa shape index (κ2) is 3.88. The van der Waals surface area contributed by atoms with Gasteiger partial charge in [0.05, 0.1) is 7.11 Å². The van der Waals surface area contributed by atoms with Crippen LogP contribution in [0, 0.1) is 0 Å². The minimum Gasteiger partial charge on any atom is -0.464 e. The average Bonchev–Trinajstić information content (AvgIpc) is 2.34. The molecule has 0 bridgehead atoms. The highest BCUT2D eigenvalue weighted by atomic mass is 35.5. The van der Waals surface area contributed by atoms with Gasteiger partial charge >= 0.3 is 5.97 Å². The summed E-state index contributed by atoms with van der Waals surface area (Å²) in [4.78, 5) is 10.8. The van der Waals surface area contributed by atoms with Crippen LogP contribution in [0.5, 0.6) is 0 Å². The molecule has 1 aromatic heterocycles. The second-order valence-corrected chi connectivity index (χ2v) is 1.79. The second-order valence-electron chi connectivity index (χ2n) is 1.79.